The van der Waals surface area contributed by atoms with E-state index in [0.717, 1.165) is 38.3 Å². The highest BCUT2D eigenvalue weighted by molar-refractivity contribution is 5.74. The van der Waals surface area contributed by atoms with Gasteiger partial charge in [0, 0.05) is 39.3 Å². The minimum Gasteiger partial charge on any atom is -0.394 e. The van der Waals surface area contributed by atoms with Crippen molar-refractivity contribution in [3.63, 3.8) is 0 Å². The molecule has 0 aromatic heterocycles. The van der Waals surface area contributed by atoms with Gasteiger partial charge in [-0.3, -0.25) is 4.90 Å². The topological polar surface area (TPSA) is 65.0 Å². The first-order valence-electron chi connectivity index (χ1n) is 8.18. The summed E-state index contributed by atoms with van der Waals surface area (Å²) in [4.78, 5) is 16.3. The molecule has 6 nitrogen and oxygen atoms in total. The van der Waals surface area contributed by atoms with Gasteiger partial charge in [-0.25, -0.2) is 4.79 Å². The number of amides is 2. The first kappa shape index (κ1) is 17.7. The van der Waals surface area contributed by atoms with E-state index < -0.39 is 0 Å². The number of aliphatic hydroxyl groups excluding tert-OH is 1. The fourth-order valence-electron chi connectivity index (χ4n) is 2.65. The zero-order valence-electron chi connectivity index (χ0n) is 13.8. The van der Waals surface area contributed by atoms with Crippen molar-refractivity contribution in [1.82, 2.24) is 15.1 Å². The third-order valence-electron chi connectivity index (χ3n) is 3.97. The van der Waals surface area contributed by atoms with Crippen LogP contribution < -0.4 is 5.32 Å². The maximum atomic E-state index is 12.2. The molecule has 2 N–H and O–H groups in total. The summed E-state index contributed by atoms with van der Waals surface area (Å²) in [6.45, 7) is 7.74. The number of benzene rings is 1. The van der Waals surface area contributed by atoms with Crippen molar-refractivity contribution in [2.45, 2.75) is 13.5 Å². The Balaban J connectivity index is 1.65. The van der Waals surface area contributed by atoms with Crippen molar-refractivity contribution in [2.75, 3.05) is 52.5 Å². The van der Waals surface area contributed by atoms with Gasteiger partial charge < -0.3 is 20.1 Å². The highest BCUT2D eigenvalue weighted by Gasteiger charge is 2.20. The standard InChI is InChI=1S/C17H27N3O3/c1-15-3-2-4-16(13-15)14-18-17(22)20-7-5-19(6-8-20)9-11-23-12-10-21/h2-4,13,21H,5-12,14H2,1H3,(H,18,22). The third-order valence-corrected chi connectivity index (χ3v) is 3.97. The fraction of sp³-hybridized carbons (Fsp3) is 0.588. The Labute approximate surface area is 138 Å². The third kappa shape index (κ3) is 6.17. The lowest BCUT2D eigenvalue weighted by Gasteiger charge is -2.34. The number of ether oxygens (including phenoxy) is 1. The van der Waals surface area contributed by atoms with Gasteiger partial charge in [-0.1, -0.05) is 29.8 Å². The Morgan fingerprint density at radius 1 is 1.26 bits per heavy atom. The van der Waals surface area contributed by atoms with Crippen LogP contribution in [0.3, 0.4) is 0 Å². The lowest BCUT2D eigenvalue weighted by Crippen LogP contribution is -2.52. The number of piperazine rings is 1. The van der Waals surface area contributed by atoms with Gasteiger partial charge in [0.15, 0.2) is 0 Å². The summed E-state index contributed by atoms with van der Waals surface area (Å²) in [5.74, 6) is 0. The molecule has 0 unspecified atom stereocenters. The van der Waals surface area contributed by atoms with Gasteiger partial charge in [0.2, 0.25) is 0 Å². The molecule has 128 valence electrons. The van der Waals surface area contributed by atoms with Crippen LogP contribution in [0, 0.1) is 6.92 Å². The predicted octanol–water partition coefficient (Wildman–Crippen LogP) is 0.831. The van der Waals surface area contributed by atoms with Gasteiger partial charge in [0.1, 0.15) is 0 Å². The number of nitrogens with one attached hydrogen (secondary N) is 1. The van der Waals surface area contributed by atoms with Crippen LogP contribution in [0.1, 0.15) is 11.1 Å². The van der Waals surface area contributed by atoms with Gasteiger partial charge in [-0.05, 0) is 12.5 Å². The van der Waals surface area contributed by atoms with Gasteiger partial charge in [0.05, 0.1) is 19.8 Å². The summed E-state index contributed by atoms with van der Waals surface area (Å²) < 4.78 is 5.27. The molecule has 0 spiro atoms. The minimum absolute atomic E-state index is 0.00249. The Kier molecular flexibility index (Phi) is 7.32. The molecule has 2 amide bonds. The molecule has 1 aliphatic rings. The minimum atomic E-state index is 0.00249. The number of hydrogen-bond donors (Lipinski definition) is 2. The number of carbonyl (C=O) groups excluding carboxylic acids is 1. The van der Waals surface area contributed by atoms with Crippen LogP contribution in [0.2, 0.25) is 0 Å². The van der Waals surface area contributed by atoms with Crippen LogP contribution in [0.25, 0.3) is 0 Å². The number of rotatable bonds is 7. The van der Waals surface area contributed by atoms with Crippen LogP contribution in [-0.4, -0.2) is 73.5 Å². The molecule has 1 fully saturated rings. The first-order valence-corrected chi connectivity index (χ1v) is 8.18. The fourth-order valence-corrected chi connectivity index (χ4v) is 2.65. The van der Waals surface area contributed by atoms with Crippen molar-refractivity contribution in [2.24, 2.45) is 0 Å². The average Bonchev–Trinajstić information content (AvgIpc) is 2.57. The van der Waals surface area contributed by atoms with Crippen molar-refractivity contribution in [3.8, 4) is 0 Å². The number of aliphatic hydroxyl groups is 1. The lowest BCUT2D eigenvalue weighted by atomic mass is 10.1. The monoisotopic (exact) mass is 321 g/mol. The predicted molar refractivity (Wildman–Crippen MR) is 89.3 cm³/mol. The maximum absolute atomic E-state index is 12.2. The molecule has 0 aliphatic carbocycles. The highest BCUT2D eigenvalue weighted by Crippen LogP contribution is 2.05. The van der Waals surface area contributed by atoms with Crippen LogP contribution in [-0.2, 0) is 11.3 Å². The highest BCUT2D eigenvalue weighted by atomic mass is 16.5. The summed E-state index contributed by atoms with van der Waals surface area (Å²) >= 11 is 0. The van der Waals surface area contributed by atoms with Gasteiger partial charge in [0.25, 0.3) is 0 Å². The van der Waals surface area contributed by atoms with Crippen molar-refractivity contribution < 1.29 is 14.6 Å². The second-order valence-electron chi connectivity index (χ2n) is 5.81. The molecular formula is C17H27N3O3. The molecule has 1 heterocycles. The lowest BCUT2D eigenvalue weighted by molar-refractivity contribution is 0.0618. The number of aryl methyl sites for hydroxylation is 1. The van der Waals surface area contributed by atoms with Gasteiger partial charge >= 0.3 is 6.03 Å². The normalized spacial score (nSPS) is 15.7. The smallest absolute Gasteiger partial charge is 0.317 e. The summed E-state index contributed by atoms with van der Waals surface area (Å²) in [7, 11) is 0. The summed E-state index contributed by atoms with van der Waals surface area (Å²) in [5.41, 5.74) is 2.33. The van der Waals surface area contributed by atoms with E-state index in [0.29, 0.717) is 19.8 Å². The van der Waals surface area contributed by atoms with Crippen LogP contribution in [0.15, 0.2) is 24.3 Å². The van der Waals surface area contributed by atoms with Gasteiger partial charge in [-0.15, -0.1) is 0 Å². The molecule has 1 aliphatic heterocycles. The molecule has 2 rings (SSSR count). The van der Waals surface area contributed by atoms with Crippen LogP contribution in [0.4, 0.5) is 4.79 Å². The van der Waals surface area contributed by atoms with Crippen molar-refractivity contribution >= 4 is 6.03 Å². The molecule has 0 bridgehead atoms. The van der Waals surface area contributed by atoms with E-state index in [1.165, 1.54) is 5.56 Å². The molecule has 0 saturated carbocycles. The number of carbonyl (C=O) groups is 1. The summed E-state index contributed by atoms with van der Waals surface area (Å²) in [6, 6.07) is 8.17. The molecule has 1 saturated heterocycles. The van der Waals surface area contributed by atoms with E-state index in [9.17, 15) is 4.79 Å². The zero-order valence-corrected chi connectivity index (χ0v) is 13.8. The Morgan fingerprint density at radius 2 is 2.04 bits per heavy atom. The van der Waals surface area contributed by atoms with E-state index in [-0.39, 0.29) is 12.6 Å². The molecule has 23 heavy (non-hydrogen) atoms. The molecule has 0 radical (unpaired) electrons. The summed E-state index contributed by atoms with van der Waals surface area (Å²) in [5, 5.41) is 11.6. The number of hydrogen-bond acceptors (Lipinski definition) is 4. The van der Waals surface area contributed by atoms with E-state index in [2.05, 4.69) is 29.3 Å². The van der Waals surface area contributed by atoms with Gasteiger partial charge in [-0.2, -0.15) is 0 Å². The summed E-state index contributed by atoms with van der Waals surface area (Å²) in [6.07, 6.45) is 0. The van der Waals surface area contributed by atoms with E-state index in [1.807, 2.05) is 17.0 Å². The second-order valence-corrected chi connectivity index (χ2v) is 5.81. The molecule has 1 aromatic rings. The van der Waals surface area contributed by atoms with E-state index >= 15 is 0 Å². The largest absolute Gasteiger partial charge is 0.394 e. The first-order chi connectivity index (χ1) is 11.2. The Bertz CT molecular complexity index is 488. The molecular weight excluding hydrogens is 294 g/mol. The van der Waals surface area contributed by atoms with Crippen LogP contribution in [0.5, 0.6) is 0 Å². The molecule has 1 aromatic carbocycles. The van der Waals surface area contributed by atoms with Crippen molar-refractivity contribution in [1.29, 1.82) is 0 Å². The second kappa shape index (κ2) is 9.50. The van der Waals surface area contributed by atoms with Crippen LogP contribution >= 0.6 is 0 Å². The maximum Gasteiger partial charge on any atom is 0.317 e. The van der Waals surface area contributed by atoms with E-state index in [1.54, 1.807) is 0 Å². The molecule has 0 atom stereocenters. The Morgan fingerprint density at radius 3 is 2.74 bits per heavy atom. The quantitative estimate of drug-likeness (QED) is 0.730. The average molecular weight is 321 g/mol. The van der Waals surface area contributed by atoms with Crippen molar-refractivity contribution in [3.05, 3.63) is 35.4 Å². The Hall–Kier alpha value is -1.63. The molecule has 6 heteroatoms. The zero-order chi connectivity index (χ0) is 16.5. The number of urea groups is 1. The number of nitrogens with zero attached hydrogens (tertiary/aromatic N) is 2. The SMILES string of the molecule is Cc1cccc(CNC(=O)N2CCN(CCOCCO)CC2)c1. The van der Waals surface area contributed by atoms with E-state index in [4.69, 9.17) is 9.84 Å².